The third-order valence-electron chi connectivity index (χ3n) is 6.94. The third-order valence-corrected chi connectivity index (χ3v) is 6.94. The maximum absolute atomic E-state index is 12.6. The summed E-state index contributed by atoms with van der Waals surface area (Å²) >= 11 is 0. The minimum absolute atomic E-state index is 0.0724. The van der Waals surface area contributed by atoms with Gasteiger partial charge in [0.2, 0.25) is 11.8 Å². The highest BCUT2D eigenvalue weighted by Gasteiger charge is 2.50. The zero-order chi connectivity index (χ0) is 18.7. The average molecular weight is 364 g/mol. The van der Waals surface area contributed by atoms with Gasteiger partial charge in [-0.2, -0.15) is 0 Å². The molecule has 148 valence electrons. The Balaban J connectivity index is 1.60. The van der Waals surface area contributed by atoms with Crippen LogP contribution in [0.2, 0.25) is 0 Å². The predicted octanol–water partition coefficient (Wildman–Crippen LogP) is 2.79. The Hall–Kier alpha value is -1.10. The number of carbonyl (C=O) groups is 2. The quantitative estimate of drug-likeness (QED) is 0.789. The number of nitrogens with one attached hydrogen (secondary N) is 1. The van der Waals surface area contributed by atoms with Crippen molar-refractivity contribution in [3.05, 3.63) is 0 Å². The summed E-state index contributed by atoms with van der Waals surface area (Å²) in [6.07, 6.45) is 9.37. The summed E-state index contributed by atoms with van der Waals surface area (Å²) in [5, 5.41) is 3.36. The van der Waals surface area contributed by atoms with Crippen molar-refractivity contribution < 1.29 is 9.59 Å². The highest BCUT2D eigenvalue weighted by Crippen LogP contribution is 2.37. The second-order valence-electron chi connectivity index (χ2n) is 9.29. The zero-order valence-corrected chi connectivity index (χ0v) is 16.9. The van der Waals surface area contributed by atoms with Crippen molar-refractivity contribution in [1.29, 1.82) is 0 Å². The van der Waals surface area contributed by atoms with E-state index in [1.807, 2.05) is 0 Å². The predicted molar refractivity (Wildman–Crippen MR) is 104 cm³/mol. The van der Waals surface area contributed by atoms with Crippen LogP contribution in [0.25, 0.3) is 0 Å². The van der Waals surface area contributed by atoms with Crippen molar-refractivity contribution in [3.8, 4) is 0 Å². The molecule has 2 saturated heterocycles. The minimum Gasteiger partial charge on any atom is -0.351 e. The second kappa shape index (κ2) is 8.28. The molecule has 26 heavy (non-hydrogen) atoms. The van der Waals surface area contributed by atoms with Gasteiger partial charge in [0.25, 0.3) is 0 Å². The molecule has 1 spiro atoms. The second-order valence-corrected chi connectivity index (χ2v) is 9.29. The van der Waals surface area contributed by atoms with E-state index in [9.17, 15) is 9.59 Å². The Morgan fingerprint density at radius 2 is 1.92 bits per heavy atom. The van der Waals surface area contributed by atoms with Crippen LogP contribution in [0, 0.1) is 11.8 Å². The Morgan fingerprint density at radius 1 is 1.15 bits per heavy atom. The first-order chi connectivity index (χ1) is 12.4. The first kappa shape index (κ1) is 19.7. The highest BCUT2D eigenvalue weighted by atomic mass is 16.2. The van der Waals surface area contributed by atoms with Crippen molar-refractivity contribution in [2.24, 2.45) is 11.8 Å². The van der Waals surface area contributed by atoms with E-state index in [0.717, 1.165) is 51.2 Å². The largest absolute Gasteiger partial charge is 0.351 e. The molecule has 0 aromatic carbocycles. The molecule has 0 bridgehead atoms. The molecule has 2 atom stereocenters. The first-order valence-corrected chi connectivity index (χ1v) is 10.7. The van der Waals surface area contributed by atoms with E-state index in [2.05, 4.69) is 36.0 Å². The van der Waals surface area contributed by atoms with Crippen molar-refractivity contribution in [2.45, 2.75) is 83.2 Å². The van der Waals surface area contributed by atoms with Gasteiger partial charge in [0.1, 0.15) is 0 Å². The molecule has 0 aromatic rings. The Kier molecular flexibility index (Phi) is 6.26. The Bertz CT molecular complexity index is 517. The van der Waals surface area contributed by atoms with E-state index in [4.69, 9.17) is 0 Å². The van der Waals surface area contributed by atoms with E-state index in [-0.39, 0.29) is 23.4 Å². The molecule has 3 fully saturated rings. The maximum Gasteiger partial charge on any atom is 0.222 e. The van der Waals surface area contributed by atoms with Gasteiger partial charge in [-0.1, -0.05) is 33.1 Å². The molecule has 2 heterocycles. The van der Waals surface area contributed by atoms with E-state index in [1.165, 1.54) is 19.3 Å². The number of amides is 2. The van der Waals surface area contributed by atoms with E-state index >= 15 is 0 Å². The first-order valence-electron chi connectivity index (χ1n) is 10.7. The molecule has 3 rings (SSSR count). The molecule has 2 unspecified atom stereocenters. The lowest BCUT2D eigenvalue weighted by molar-refractivity contribution is -0.136. The number of piperidine rings is 1. The monoisotopic (exact) mass is 363 g/mol. The van der Waals surface area contributed by atoms with Crippen molar-refractivity contribution in [1.82, 2.24) is 15.1 Å². The lowest BCUT2D eigenvalue weighted by atomic mass is 9.81. The van der Waals surface area contributed by atoms with E-state index in [1.54, 1.807) is 0 Å². The third kappa shape index (κ3) is 4.24. The molecule has 5 nitrogen and oxygen atoms in total. The molecule has 5 heteroatoms. The highest BCUT2D eigenvalue weighted by molar-refractivity contribution is 5.77. The molecular formula is C21H37N3O2. The summed E-state index contributed by atoms with van der Waals surface area (Å²) < 4.78 is 0. The molecule has 2 aliphatic heterocycles. The molecule has 1 N–H and O–H groups in total. The van der Waals surface area contributed by atoms with Gasteiger partial charge in [-0.25, -0.2) is 0 Å². The summed E-state index contributed by atoms with van der Waals surface area (Å²) in [4.78, 5) is 29.6. The van der Waals surface area contributed by atoms with Crippen LogP contribution < -0.4 is 5.32 Å². The summed E-state index contributed by atoms with van der Waals surface area (Å²) in [6.45, 7) is 6.83. The molecule has 0 aromatic heterocycles. The van der Waals surface area contributed by atoms with Crippen LogP contribution in [0.4, 0.5) is 0 Å². The lowest BCUT2D eigenvalue weighted by Gasteiger charge is -2.48. The molecule has 1 saturated carbocycles. The van der Waals surface area contributed by atoms with Crippen molar-refractivity contribution >= 4 is 11.8 Å². The number of likely N-dealkylation sites (N-methyl/N-ethyl adjacent to an activating group) is 1. The fourth-order valence-electron chi connectivity index (χ4n) is 5.02. The number of nitrogens with zero attached hydrogens (tertiary/aromatic N) is 2. The lowest BCUT2D eigenvalue weighted by Crippen LogP contribution is -2.64. The summed E-state index contributed by atoms with van der Waals surface area (Å²) in [5.74, 6) is 1.65. The van der Waals surface area contributed by atoms with Gasteiger partial charge in [0.05, 0.1) is 11.6 Å². The van der Waals surface area contributed by atoms with Crippen LogP contribution in [0.3, 0.4) is 0 Å². The Morgan fingerprint density at radius 3 is 2.58 bits per heavy atom. The van der Waals surface area contributed by atoms with Crippen LogP contribution in [0.15, 0.2) is 0 Å². The average Bonchev–Trinajstić information content (AvgIpc) is 2.82. The zero-order valence-electron chi connectivity index (χ0n) is 16.9. The van der Waals surface area contributed by atoms with Gasteiger partial charge in [-0.3, -0.25) is 14.5 Å². The van der Waals surface area contributed by atoms with Gasteiger partial charge >= 0.3 is 0 Å². The molecule has 1 aliphatic carbocycles. The summed E-state index contributed by atoms with van der Waals surface area (Å²) in [7, 11) is 2.16. The minimum atomic E-state index is -0.0724. The Labute approximate surface area is 158 Å². The molecule has 3 aliphatic rings. The standard InChI is InChI=1S/C21H37N3O2/c1-16(2)14-20(26)24-12-5-11-21(15-24)18(10-13-23(21)3)22-19(25)9-8-17-6-4-7-17/h16-18H,4-15H2,1-3H3,(H,22,25). The number of rotatable bonds is 6. The number of hydrogen-bond donors (Lipinski definition) is 1. The van der Waals surface area contributed by atoms with Crippen LogP contribution in [-0.4, -0.2) is 59.9 Å². The van der Waals surface area contributed by atoms with Gasteiger partial charge in [0, 0.05) is 32.5 Å². The van der Waals surface area contributed by atoms with Gasteiger partial charge in [-0.05, 0) is 44.6 Å². The van der Waals surface area contributed by atoms with Gasteiger partial charge < -0.3 is 10.2 Å². The summed E-state index contributed by atoms with van der Waals surface area (Å²) in [5.41, 5.74) is -0.0724. The van der Waals surface area contributed by atoms with Crippen LogP contribution in [0.5, 0.6) is 0 Å². The number of hydrogen-bond acceptors (Lipinski definition) is 3. The summed E-state index contributed by atoms with van der Waals surface area (Å²) in [6, 6.07) is 0.177. The van der Waals surface area contributed by atoms with Crippen LogP contribution in [-0.2, 0) is 9.59 Å². The van der Waals surface area contributed by atoms with E-state index in [0.29, 0.717) is 18.8 Å². The fourth-order valence-corrected chi connectivity index (χ4v) is 5.02. The molecule has 2 amide bonds. The van der Waals surface area contributed by atoms with Gasteiger partial charge in [0.15, 0.2) is 0 Å². The topological polar surface area (TPSA) is 52.7 Å². The maximum atomic E-state index is 12.6. The van der Waals surface area contributed by atoms with Gasteiger partial charge in [-0.15, -0.1) is 0 Å². The SMILES string of the molecule is CC(C)CC(=O)N1CCCC2(C1)C(NC(=O)CCC1CCC1)CCN2C. The molecule has 0 radical (unpaired) electrons. The smallest absolute Gasteiger partial charge is 0.222 e. The van der Waals surface area contributed by atoms with Crippen molar-refractivity contribution in [3.63, 3.8) is 0 Å². The van der Waals surface area contributed by atoms with E-state index < -0.39 is 0 Å². The normalized spacial score (nSPS) is 30.0. The van der Waals surface area contributed by atoms with Crippen LogP contribution in [0.1, 0.15) is 71.6 Å². The molecular weight excluding hydrogens is 326 g/mol. The fraction of sp³-hybridized carbons (Fsp3) is 0.905. The van der Waals surface area contributed by atoms with Crippen LogP contribution >= 0.6 is 0 Å². The van der Waals surface area contributed by atoms with Crippen molar-refractivity contribution in [2.75, 3.05) is 26.7 Å². The number of likely N-dealkylation sites (tertiary alicyclic amines) is 2. The number of carbonyl (C=O) groups excluding carboxylic acids is 2.